The topological polar surface area (TPSA) is 30.7 Å². The van der Waals surface area contributed by atoms with Crippen LogP contribution in [-0.2, 0) is 5.41 Å². The smallest absolute Gasteiger partial charge is 0.162 e. The molecule has 4 heteroatoms. The van der Waals surface area contributed by atoms with Crippen molar-refractivity contribution in [2.75, 3.05) is 0 Å². The molecule has 0 spiro atoms. The van der Waals surface area contributed by atoms with Crippen molar-refractivity contribution in [2.45, 2.75) is 5.41 Å². The molecule has 11 rings (SSSR count). The number of hydrogen-bond acceptors (Lipinski definition) is 3. The van der Waals surface area contributed by atoms with E-state index in [4.69, 9.17) is 9.97 Å². The van der Waals surface area contributed by atoms with Crippen LogP contribution in [0.5, 0.6) is 0 Å². The molecule has 0 aliphatic rings. The van der Waals surface area contributed by atoms with Gasteiger partial charge in [-0.3, -0.25) is 4.57 Å². The van der Waals surface area contributed by atoms with Crippen LogP contribution in [0.2, 0.25) is 0 Å². The fraction of sp³-hybridized carbons (Fsp3) is 0.0189. The zero-order chi connectivity index (χ0) is 37.8. The molecule has 8 aromatic carbocycles. The predicted molar refractivity (Wildman–Crippen MR) is 238 cm³/mol. The Morgan fingerprint density at radius 2 is 0.895 bits per heavy atom. The molecule has 0 aliphatic heterocycles. The second-order valence-corrected chi connectivity index (χ2v) is 15.6. The summed E-state index contributed by atoms with van der Waals surface area (Å²) in [4.78, 5) is 10.8. The number of hydrogen-bond donors (Lipinski definition) is 0. The minimum absolute atomic E-state index is 0.547. The van der Waals surface area contributed by atoms with Gasteiger partial charge < -0.3 is 0 Å². The van der Waals surface area contributed by atoms with E-state index in [-0.39, 0.29) is 0 Å². The molecular weight excluding hydrogens is 711 g/mol. The Labute approximate surface area is 334 Å². The number of para-hydroxylation sites is 2. The minimum atomic E-state index is -0.547. The van der Waals surface area contributed by atoms with Crippen LogP contribution in [0.15, 0.2) is 212 Å². The van der Waals surface area contributed by atoms with Crippen LogP contribution < -0.4 is 0 Å². The summed E-state index contributed by atoms with van der Waals surface area (Å²) in [6.45, 7) is 0. The Bertz CT molecular complexity index is 3070. The summed E-state index contributed by atoms with van der Waals surface area (Å²) in [5, 5.41) is 4.87. The van der Waals surface area contributed by atoms with Gasteiger partial charge >= 0.3 is 0 Å². The number of thiophene rings is 1. The first-order chi connectivity index (χ1) is 28.3. The highest BCUT2D eigenvalue weighted by atomic mass is 32.1. The molecule has 3 nitrogen and oxygen atoms in total. The molecule has 0 atom stereocenters. The molecule has 0 aliphatic carbocycles. The third-order valence-electron chi connectivity index (χ3n) is 11.4. The lowest BCUT2D eigenvalue weighted by molar-refractivity contribution is 0.745. The van der Waals surface area contributed by atoms with E-state index in [1.807, 2.05) is 11.3 Å². The minimum Gasteiger partial charge on any atom is -0.294 e. The molecule has 11 aromatic rings. The van der Waals surface area contributed by atoms with E-state index < -0.39 is 5.41 Å². The van der Waals surface area contributed by atoms with Gasteiger partial charge in [0.1, 0.15) is 5.82 Å². The third-order valence-corrected chi connectivity index (χ3v) is 12.5. The number of benzene rings is 8. The summed E-state index contributed by atoms with van der Waals surface area (Å²) in [6.07, 6.45) is 0. The van der Waals surface area contributed by atoms with Gasteiger partial charge in [0, 0.05) is 48.1 Å². The average Bonchev–Trinajstić information content (AvgIpc) is 3.84. The molecule has 0 N–H and O–H groups in total. The normalized spacial score (nSPS) is 11.9. The van der Waals surface area contributed by atoms with E-state index in [2.05, 4.69) is 217 Å². The monoisotopic (exact) mass is 745 g/mol. The Balaban J connectivity index is 1.16. The van der Waals surface area contributed by atoms with Crippen LogP contribution in [-0.4, -0.2) is 14.5 Å². The number of rotatable bonds is 7. The van der Waals surface area contributed by atoms with Crippen molar-refractivity contribution in [1.29, 1.82) is 0 Å². The molecule has 57 heavy (non-hydrogen) atoms. The fourth-order valence-corrected chi connectivity index (χ4v) is 10.0. The zero-order valence-electron chi connectivity index (χ0n) is 31.0. The first kappa shape index (κ1) is 33.2. The van der Waals surface area contributed by atoms with Gasteiger partial charge in [-0.05, 0) is 46.5 Å². The quantitative estimate of drug-likeness (QED) is 0.152. The average molecular weight is 746 g/mol. The molecule has 3 aromatic heterocycles. The van der Waals surface area contributed by atoms with Gasteiger partial charge in [-0.2, -0.15) is 0 Å². The van der Waals surface area contributed by atoms with Gasteiger partial charge in [0.2, 0.25) is 0 Å². The Kier molecular flexibility index (Phi) is 7.90. The Morgan fingerprint density at radius 1 is 0.404 bits per heavy atom. The van der Waals surface area contributed by atoms with E-state index in [1.54, 1.807) is 0 Å². The summed E-state index contributed by atoms with van der Waals surface area (Å²) in [5.74, 6) is 1.51. The highest BCUT2D eigenvalue weighted by molar-refractivity contribution is 7.25. The molecular formula is C53H35N3S. The largest absolute Gasteiger partial charge is 0.294 e. The maximum absolute atomic E-state index is 5.43. The molecule has 3 heterocycles. The standard InChI is InChI=1S/C53H35N3S/c1-4-17-37(18-5-1)53(38-19-6-2-7-20-38,39-21-8-3-9-22-39)40-33-31-36(32-34-40)52-54-45(43-26-16-30-49-51(43)44-25-12-15-29-48(44)57-49)35-50(55-52)56-46-27-13-10-23-41(46)42-24-11-14-28-47(42)56/h1-35H. The van der Waals surface area contributed by atoms with Crippen LogP contribution in [0.4, 0.5) is 0 Å². The lowest BCUT2D eigenvalue weighted by Crippen LogP contribution is -2.30. The fourth-order valence-electron chi connectivity index (χ4n) is 8.91. The van der Waals surface area contributed by atoms with Crippen molar-refractivity contribution in [2.24, 2.45) is 0 Å². The van der Waals surface area contributed by atoms with E-state index in [0.29, 0.717) is 5.82 Å². The van der Waals surface area contributed by atoms with Gasteiger partial charge in [0.25, 0.3) is 0 Å². The molecule has 0 unspecified atom stereocenters. The Hall–Kier alpha value is -7.14. The highest BCUT2D eigenvalue weighted by Gasteiger charge is 2.38. The van der Waals surface area contributed by atoms with E-state index in [0.717, 1.165) is 33.7 Å². The highest BCUT2D eigenvalue weighted by Crippen LogP contribution is 2.46. The summed E-state index contributed by atoms with van der Waals surface area (Å²) < 4.78 is 4.81. The first-order valence-corrected chi connectivity index (χ1v) is 20.1. The van der Waals surface area contributed by atoms with Crippen molar-refractivity contribution in [1.82, 2.24) is 14.5 Å². The summed E-state index contributed by atoms with van der Waals surface area (Å²) in [7, 11) is 0. The van der Waals surface area contributed by atoms with Crippen LogP contribution in [0.3, 0.4) is 0 Å². The summed E-state index contributed by atoms with van der Waals surface area (Å²) in [6, 6.07) is 76.1. The number of aromatic nitrogens is 3. The van der Waals surface area contributed by atoms with Crippen molar-refractivity contribution in [3.05, 3.63) is 235 Å². The lowest BCUT2D eigenvalue weighted by Gasteiger charge is -2.37. The van der Waals surface area contributed by atoms with Gasteiger partial charge in [0.05, 0.1) is 22.1 Å². The van der Waals surface area contributed by atoms with Gasteiger partial charge in [-0.25, -0.2) is 9.97 Å². The third kappa shape index (κ3) is 5.33. The van der Waals surface area contributed by atoms with Crippen molar-refractivity contribution < 1.29 is 0 Å². The van der Waals surface area contributed by atoms with Crippen molar-refractivity contribution in [3.8, 4) is 28.5 Å². The molecule has 0 amide bonds. The molecule has 0 saturated heterocycles. The predicted octanol–water partition coefficient (Wildman–Crippen LogP) is 13.7. The number of nitrogens with zero attached hydrogens (tertiary/aromatic N) is 3. The molecule has 0 fully saturated rings. The van der Waals surface area contributed by atoms with Crippen molar-refractivity contribution >= 4 is 53.3 Å². The first-order valence-electron chi connectivity index (χ1n) is 19.3. The zero-order valence-corrected chi connectivity index (χ0v) is 31.8. The Morgan fingerprint density at radius 3 is 1.49 bits per heavy atom. The summed E-state index contributed by atoms with van der Waals surface area (Å²) >= 11 is 1.83. The van der Waals surface area contributed by atoms with Gasteiger partial charge in [-0.1, -0.05) is 182 Å². The lowest BCUT2D eigenvalue weighted by atomic mass is 9.65. The van der Waals surface area contributed by atoms with Gasteiger partial charge in [-0.15, -0.1) is 11.3 Å². The van der Waals surface area contributed by atoms with Gasteiger partial charge in [0.15, 0.2) is 5.82 Å². The maximum atomic E-state index is 5.43. The molecule has 0 bridgehead atoms. The van der Waals surface area contributed by atoms with Crippen LogP contribution in [0.1, 0.15) is 22.3 Å². The second kappa shape index (κ2) is 13.6. The molecule has 268 valence electrons. The van der Waals surface area contributed by atoms with Crippen LogP contribution in [0, 0.1) is 0 Å². The maximum Gasteiger partial charge on any atom is 0.162 e. The van der Waals surface area contributed by atoms with Crippen molar-refractivity contribution in [3.63, 3.8) is 0 Å². The summed E-state index contributed by atoms with van der Waals surface area (Å²) in [5.41, 5.74) is 9.41. The van der Waals surface area contributed by atoms with E-state index >= 15 is 0 Å². The number of fused-ring (bicyclic) bond motifs is 6. The molecule has 0 radical (unpaired) electrons. The van der Waals surface area contributed by atoms with E-state index in [9.17, 15) is 0 Å². The molecule has 0 saturated carbocycles. The second-order valence-electron chi connectivity index (χ2n) is 14.5. The van der Waals surface area contributed by atoms with Crippen LogP contribution in [0.25, 0.3) is 70.4 Å². The SMILES string of the molecule is c1ccc(C(c2ccccc2)(c2ccccc2)c2ccc(-c3nc(-c4cccc5sc6ccccc6c45)cc(-n4c5ccccc5c5ccccc54)n3)cc2)cc1. The van der Waals surface area contributed by atoms with Crippen LogP contribution >= 0.6 is 11.3 Å². The van der Waals surface area contributed by atoms with E-state index in [1.165, 1.54) is 53.2 Å².